The fraction of sp³-hybridized carbons (Fsp3) is 0.526. The first-order chi connectivity index (χ1) is 11.6. The molecule has 0 aromatic heterocycles. The number of piperidine rings is 1. The average molecular weight is 441 g/mol. The monoisotopic (exact) mass is 441 g/mol. The second-order valence-electron chi connectivity index (χ2n) is 6.78. The van der Waals surface area contributed by atoms with Crippen molar-refractivity contribution in [1.82, 2.24) is 4.90 Å². The molecule has 2 unspecified atom stereocenters. The Labute approximate surface area is 157 Å². The second kappa shape index (κ2) is 7.97. The molecule has 3 rings (SSSR count). The van der Waals surface area contributed by atoms with Gasteiger partial charge in [0.25, 0.3) is 0 Å². The maximum atomic E-state index is 11.0. The number of rotatable bonds is 6. The predicted molar refractivity (Wildman–Crippen MR) is 103 cm³/mol. The number of aryl methyl sites for hydroxylation is 1. The molecule has 2 aliphatic rings. The third kappa shape index (κ3) is 3.83. The number of ether oxygens (including phenoxy) is 1. The Kier molecular flexibility index (Phi) is 5.94. The van der Waals surface area contributed by atoms with Gasteiger partial charge in [-0.25, -0.2) is 4.79 Å². The van der Waals surface area contributed by atoms with Crippen LogP contribution in [0.15, 0.2) is 34.4 Å². The van der Waals surface area contributed by atoms with E-state index >= 15 is 0 Å². The zero-order valence-corrected chi connectivity index (χ0v) is 16.1. The number of carboxylic acid groups (broad SMARTS) is 1. The highest BCUT2D eigenvalue weighted by Crippen LogP contribution is 2.44. The Morgan fingerprint density at radius 1 is 1.38 bits per heavy atom. The summed E-state index contributed by atoms with van der Waals surface area (Å²) >= 11 is 2.25. The van der Waals surface area contributed by atoms with Crippen LogP contribution < -0.4 is 0 Å². The molecule has 2 aliphatic heterocycles. The minimum atomic E-state index is -0.892. The highest BCUT2D eigenvalue weighted by atomic mass is 127. The summed E-state index contributed by atoms with van der Waals surface area (Å²) < 4.78 is 7.97. The molecular weight excluding hydrogens is 417 g/mol. The fourth-order valence-corrected chi connectivity index (χ4v) is 4.47. The molecule has 0 amide bonds. The number of carboxylic acids is 1. The second-order valence-corrected chi connectivity index (χ2v) is 7.50. The van der Waals surface area contributed by atoms with Crippen molar-refractivity contribution in [3.8, 4) is 0 Å². The highest BCUT2D eigenvalue weighted by molar-refractivity contribution is 14.1. The molecule has 1 aromatic rings. The smallest absolute Gasteiger partial charge is 0.329 e. The molecule has 0 aliphatic carbocycles. The number of nitrogens with zero attached hydrogens (tertiary/aromatic N) is 1. The van der Waals surface area contributed by atoms with Crippen LogP contribution in [0, 0.1) is 6.92 Å². The standard InChI is InChI=1S/C19H24INO3/c1-13-3-5-14(6-4-13)16-11-15-7-8-17(21(15)10-2-9-20)19(16)24-12-18(22)23/h2-6,9,15-17,19H,7-8,10-12H2,1H3,(H,22,23)/b9-2+/t15?,16-,17?,19+/m1/s1. The molecule has 0 spiro atoms. The molecule has 0 radical (unpaired) electrons. The molecule has 2 heterocycles. The number of aliphatic carboxylic acids is 1. The van der Waals surface area contributed by atoms with E-state index in [1.165, 1.54) is 17.5 Å². The average Bonchev–Trinajstić information content (AvgIpc) is 2.85. The Morgan fingerprint density at radius 2 is 2.12 bits per heavy atom. The van der Waals surface area contributed by atoms with E-state index in [0.29, 0.717) is 12.1 Å². The summed E-state index contributed by atoms with van der Waals surface area (Å²) in [6, 6.07) is 9.50. The van der Waals surface area contributed by atoms with Gasteiger partial charge in [-0.15, -0.1) is 0 Å². The first-order valence-corrected chi connectivity index (χ1v) is 9.75. The van der Waals surface area contributed by atoms with Crippen LogP contribution in [0.4, 0.5) is 0 Å². The molecule has 4 atom stereocenters. The Morgan fingerprint density at radius 3 is 2.79 bits per heavy atom. The largest absolute Gasteiger partial charge is 0.480 e. The first kappa shape index (κ1) is 17.9. The van der Waals surface area contributed by atoms with Gasteiger partial charge in [-0.2, -0.15) is 0 Å². The van der Waals surface area contributed by atoms with Gasteiger partial charge in [0.15, 0.2) is 0 Å². The van der Waals surface area contributed by atoms with Crippen LogP contribution in [0.3, 0.4) is 0 Å². The summed E-state index contributed by atoms with van der Waals surface area (Å²) in [4.78, 5) is 13.5. The van der Waals surface area contributed by atoms with Crippen molar-refractivity contribution in [2.24, 2.45) is 0 Å². The van der Waals surface area contributed by atoms with Crippen LogP contribution in [0.1, 0.15) is 36.3 Å². The molecule has 2 bridgehead atoms. The normalized spacial score (nSPS) is 30.1. The Balaban J connectivity index is 1.85. The van der Waals surface area contributed by atoms with Gasteiger partial charge in [0.2, 0.25) is 0 Å². The summed E-state index contributed by atoms with van der Waals surface area (Å²) in [7, 11) is 0. The third-order valence-electron chi connectivity index (χ3n) is 5.30. The van der Waals surface area contributed by atoms with Crippen molar-refractivity contribution in [3.05, 3.63) is 45.6 Å². The molecule has 130 valence electrons. The Hall–Kier alpha value is -0.920. The lowest BCUT2D eigenvalue weighted by Crippen LogP contribution is -2.52. The maximum Gasteiger partial charge on any atom is 0.329 e. The topological polar surface area (TPSA) is 49.8 Å². The van der Waals surface area contributed by atoms with E-state index in [0.717, 1.165) is 19.4 Å². The number of hydrogen-bond acceptors (Lipinski definition) is 3. The van der Waals surface area contributed by atoms with Crippen molar-refractivity contribution < 1.29 is 14.6 Å². The van der Waals surface area contributed by atoms with E-state index in [2.05, 4.69) is 68.8 Å². The van der Waals surface area contributed by atoms with Gasteiger partial charge in [0.1, 0.15) is 6.61 Å². The first-order valence-electron chi connectivity index (χ1n) is 8.51. The van der Waals surface area contributed by atoms with Crippen molar-refractivity contribution in [2.45, 2.75) is 50.3 Å². The minimum Gasteiger partial charge on any atom is -0.480 e. The molecule has 2 saturated heterocycles. The van der Waals surface area contributed by atoms with E-state index in [9.17, 15) is 4.79 Å². The fourth-order valence-electron chi connectivity index (χ4n) is 4.25. The summed E-state index contributed by atoms with van der Waals surface area (Å²) in [5, 5.41) is 9.06. The van der Waals surface area contributed by atoms with Crippen LogP contribution in [-0.2, 0) is 9.53 Å². The molecule has 24 heavy (non-hydrogen) atoms. The van der Waals surface area contributed by atoms with Crippen LogP contribution in [0.25, 0.3) is 0 Å². The SMILES string of the molecule is Cc1ccc([C@H]2CC3CCC([C@H]2OCC(=O)O)N3C/C=C/I)cc1. The molecule has 5 heteroatoms. The van der Waals surface area contributed by atoms with Gasteiger partial charge in [-0.1, -0.05) is 58.5 Å². The zero-order valence-electron chi connectivity index (χ0n) is 13.9. The molecule has 1 N–H and O–H groups in total. The number of hydrogen-bond donors (Lipinski definition) is 1. The van der Waals surface area contributed by atoms with Gasteiger partial charge in [0, 0.05) is 24.5 Å². The molecular formula is C19H24INO3. The number of benzene rings is 1. The summed E-state index contributed by atoms with van der Waals surface area (Å²) in [6.07, 6.45) is 5.43. The van der Waals surface area contributed by atoms with Crippen molar-refractivity contribution in [1.29, 1.82) is 0 Å². The van der Waals surface area contributed by atoms with Gasteiger partial charge < -0.3 is 9.84 Å². The lowest BCUT2D eigenvalue weighted by atomic mass is 9.82. The van der Waals surface area contributed by atoms with E-state index in [1.54, 1.807) is 0 Å². The molecule has 2 fully saturated rings. The number of carbonyl (C=O) groups is 1. The van der Waals surface area contributed by atoms with Crippen molar-refractivity contribution in [2.75, 3.05) is 13.2 Å². The predicted octanol–water partition coefficient (Wildman–Crippen LogP) is 3.73. The van der Waals surface area contributed by atoms with Crippen LogP contribution >= 0.6 is 22.6 Å². The minimum absolute atomic E-state index is 0.0508. The van der Waals surface area contributed by atoms with Gasteiger partial charge in [0.05, 0.1) is 6.10 Å². The van der Waals surface area contributed by atoms with E-state index in [1.807, 2.05) is 0 Å². The summed E-state index contributed by atoms with van der Waals surface area (Å²) in [5.41, 5.74) is 2.52. The quantitative estimate of drug-likeness (QED) is 0.684. The van der Waals surface area contributed by atoms with Crippen molar-refractivity contribution >= 4 is 28.6 Å². The van der Waals surface area contributed by atoms with E-state index in [4.69, 9.17) is 9.84 Å². The van der Waals surface area contributed by atoms with Crippen LogP contribution in [0.5, 0.6) is 0 Å². The third-order valence-corrected chi connectivity index (χ3v) is 5.81. The van der Waals surface area contributed by atoms with Gasteiger partial charge >= 0.3 is 5.97 Å². The lowest BCUT2D eigenvalue weighted by molar-refractivity contribution is -0.147. The Bertz CT molecular complexity index is 601. The molecule has 1 aromatic carbocycles. The molecule has 0 saturated carbocycles. The number of halogens is 1. The van der Waals surface area contributed by atoms with Crippen LogP contribution in [-0.4, -0.2) is 47.3 Å². The number of fused-ring (bicyclic) bond motifs is 2. The summed E-state index contributed by atoms with van der Waals surface area (Å²) in [5.74, 6) is -0.612. The highest BCUT2D eigenvalue weighted by Gasteiger charge is 2.47. The van der Waals surface area contributed by atoms with Crippen molar-refractivity contribution in [3.63, 3.8) is 0 Å². The van der Waals surface area contributed by atoms with Crippen LogP contribution in [0.2, 0.25) is 0 Å². The summed E-state index contributed by atoms with van der Waals surface area (Å²) in [6.45, 7) is 2.79. The lowest BCUT2D eigenvalue weighted by Gasteiger charge is -2.44. The van der Waals surface area contributed by atoms with E-state index in [-0.39, 0.29) is 18.6 Å². The van der Waals surface area contributed by atoms with Gasteiger partial charge in [-0.05, 0) is 35.8 Å². The maximum absolute atomic E-state index is 11.0. The molecule has 4 nitrogen and oxygen atoms in total. The van der Waals surface area contributed by atoms with E-state index < -0.39 is 5.97 Å². The zero-order chi connectivity index (χ0) is 17.1. The van der Waals surface area contributed by atoms with Gasteiger partial charge in [-0.3, -0.25) is 4.90 Å².